The van der Waals surface area contributed by atoms with E-state index in [4.69, 9.17) is 9.47 Å². The molecule has 0 aliphatic rings. The molecule has 0 aliphatic carbocycles. The lowest BCUT2D eigenvalue weighted by molar-refractivity contribution is -0.136. The Bertz CT molecular complexity index is 439. The van der Waals surface area contributed by atoms with E-state index < -0.39 is 5.97 Å². The molecular weight excluding hydrogens is 232 g/mol. The monoisotopic (exact) mass is 248 g/mol. The molecule has 0 atom stereocenters. The van der Waals surface area contributed by atoms with Crippen molar-refractivity contribution in [2.45, 2.75) is 0 Å². The first-order valence-corrected chi connectivity index (χ1v) is 5.29. The number of hydrogen-bond acceptors (Lipinski definition) is 4. The maximum Gasteiger partial charge on any atom is 0.341 e. The summed E-state index contributed by atoms with van der Waals surface area (Å²) in [4.78, 5) is 11.6. The predicted molar refractivity (Wildman–Crippen MR) is 69.1 cm³/mol. The third-order valence-electron chi connectivity index (χ3n) is 2.38. The van der Waals surface area contributed by atoms with Crippen LogP contribution in [0.5, 0.6) is 5.75 Å². The topological polar surface area (TPSA) is 44.8 Å². The Morgan fingerprint density at radius 1 is 1.11 bits per heavy atom. The third kappa shape index (κ3) is 3.38. The van der Waals surface area contributed by atoms with Gasteiger partial charge in [0.1, 0.15) is 17.1 Å². The number of hydrogen-bond donors (Lipinski definition) is 0. The summed E-state index contributed by atoms with van der Waals surface area (Å²) < 4.78 is 14.7. The molecule has 0 bridgehead atoms. The van der Waals surface area contributed by atoms with Gasteiger partial charge in [-0.2, -0.15) is 0 Å². The molecule has 4 nitrogen and oxygen atoms in total. The van der Waals surface area contributed by atoms with Gasteiger partial charge in [0.2, 0.25) is 0 Å². The molecule has 1 aromatic carbocycles. The van der Waals surface area contributed by atoms with Gasteiger partial charge in [-0.05, 0) is 23.8 Å². The van der Waals surface area contributed by atoms with Gasteiger partial charge >= 0.3 is 5.97 Å². The molecular formula is C14H16O4. The van der Waals surface area contributed by atoms with Gasteiger partial charge in [-0.25, -0.2) is 4.79 Å². The fraction of sp³-hybridized carbons (Fsp3) is 0.214. The summed E-state index contributed by atoms with van der Waals surface area (Å²) in [7, 11) is 4.36. The minimum absolute atomic E-state index is 0.262. The second-order valence-electron chi connectivity index (χ2n) is 3.45. The van der Waals surface area contributed by atoms with Gasteiger partial charge in [0.25, 0.3) is 0 Å². The highest BCUT2D eigenvalue weighted by atomic mass is 16.5. The molecule has 0 saturated carbocycles. The van der Waals surface area contributed by atoms with Crippen LogP contribution in [0.25, 0.3) is 6.08 Å². The molecule has 0 N–H and O–H groups in total. The summed E-state index contributed by atoms with van der Waals surface area (Å²) in [5.41, 5.74) is 1.11. The van der Waals surface area contributed by atoms with Gasteiger partial charge in [-0.3, -0.25) is 0 Å². The van der Waals surface area contributed by atoms with E-state index in [9.17, 15) is 4.79 Å². The van der Waals surface area contributed by atoms with E-state index in [0.717, 1.165) is 11.3 Å². The highest BCUT2D eigenvalue weighted by molar-refractivity contribution is 5.97. The zero-order valence-corrected chi connectivity index (χ0v) is 10.7. The number of methoxy groups -OCH3 is 3. The minimum atomic E-state index is -0.488. The zero-order chi connectivity index (χ0) is 13.5. The Balaban J connectivity index is 3.06. The summed E-state index contributed by atoms with van der Waals surface area (Å²) in [5, 5.41) is 0. The van der Waals surface area contributed by atoms with E-state index in [0.29, 0.717) is 0 Å². The summed E-state index contributed by atoms with van der Waals surface area (Å²) in [6, 6.07) is 7.25. The minimum Gasteiger partial charge on any atom is -0.497 e. The van der Waals surface area contributed by atoms with E-state index >= 15 is 0 Å². The Morgan fingerprint density at radius 2 is 1.72 bits per heavy atom. The third-order valence-corrected chi connectivity index (χ3v) is 2.38. The van der Waals surface area contributed by atoms with Gasteiger partial charge in [0.05, 0.1) is 21.3 Å². The summed E-state index contributed by atoms with van der Waals surface area (Å²) in [6.45, 7) is 3.66. The summed E-state index contributed by atoms with van der Waals surface area (Å²) in [6.07, 6.45) is 1.65. The molecule has 0 aliphatic heterocycles. The smallest absolute Gasteiger partial charge is 0.341 e. The van der Waals surface area contributed by atoms with Crippen LogP contribution in [0.2, 0.25) is 0 Å². The van der Waals surface area contributed by atoms with E-state index in [1.165, 1.54) is 14.2 Å². The van der Waals surface area contributed by atoms with Crippen molar-refractivity contribution >= 4 is 12.0 Å². The van der Waals surface area contributed by atoms with Crippen LogP contribution in [0.1, 0.15) is 5.56 Å². The van der Waals surface area contributed by atoms with Crippen LogP contribution in [-0.2, 0) is 14.3 Å². The molecule has 96 valence electrons. The number of carbonyl (C=O) groups excluding carboxylic acids is 1. The highest BCUT2D eigenvalue weighted by Crippen LogP contribution is 2.18. The lowest BCUT2D eigenvalue weighted by Gasteiger charge is -2.08. The second kappa shape index (κ2) is 6.49. The first-order chi connectivity index (χ1) is 8.62. The van der Waals surface area contributed by atoms with Gasteiger partial charge in [-0.1, -0.05) is 18.7 Å². The molecule has 1 aromatic rings. The molecule has 0 heterocycles. The zero-order valence-electron chi connectivity index (χ0n) is 10.7. The van der Waals surface area contributed by atoms with Crippen molar-refractivity contribution < 1.29 is 19.0 Å². The fourth-order valence-corrected chi connectivity index (χ4v) is 1.34. The quantitative estimate of drug-likeness (QED) is 0.347. The van der Waals surface area contributed by atoms with Crippen LogP contribution in [0, 0.1) is 0 Å². The number of esters is 1. The Labute approximate surface area is 106 Å². The predicted octanol–water partition coefficient (Wildman–Crippen LogP) is 2.41. The first-order valence-electron chi connectivity index (χ1n) is 5.29. The molecule has 0 spiro atoms. The molecule has 0 radical (unpaired) electrons. The first kappa shape index (κ1) is 13.8. The largest absolute Gasteiger partial charge is 0.497 e. The molecule has 0 fully saturated rings. The normalized spacial score (nSPS) is 10.7. The van der Waals surface area contributed by atoms with Crippen molar-refractivity contribution in [3.05, 3.63) is 47.7 Å². The fourth-order valence-electron chi connectivity index (χ4n) is 1.34. The van der Waals surface area contributed by atoms with Crippen LogP contribution >= 0.6 is 0 Å². The molecule has 0 amide bonds. The maximum atomic E-state index is 11.6. The Morgan fingerprint density at radius 3 is 2.17 bits per heavy atom. The maximum absolute atomic E-state index is 11.6. The molecule has 1 rings (SSSR count). The lowest BCUT2D eigenvalue weighted by atomic mass is 10.1. The van der Waals surface area contributed by atoms with Crippen molar-refractivity contribution in [2.75, 3.05) is 21.3 Å². The molecule has 18 heavy (non-hydrogen) atoms. The molecule has 0 unspecified atom stereocenters. The Kier molecular flexibility index (Phi) is 4.99. The molecule has 4 heteroatoms. The van der Waals surface area contributed by atoms with Crippen LogP contribution in [-0.4, -0.2) is 27.3 Å². The number of benzene rings is 1. The van der Waals surface area contributed by atoms with Gasteiger partial charge < -0.3 is 14.2 Å². The SMILES string of the molecule is C=C(OC)/C(=C/c1ccc(OC)cc1)C(=O)OC. The standard InChI is InChI=1S/C14H16O4/c1-10(16-2)13(14(15)18-4)9-11-5-7-12(17-3)8-6-11/h5-9H,1H2,2-4H3/b13-9-. The number of ether oxygens (including phenoxy) is 3. The summed E-state index contributed by atoms with van der Waals surface area (Å²) in [5.74, 6) is 0.521. The van der Waals surface area contributed by atoms with Crippen LogP contribution < -0.4 is 4.74 Å². The van der Waals surface area contributed by atoms with E-state index in [2.05, 4.69) is 11.3 Å². The van der Waals surface area contributed by atoms with E-state index in [1.54, 1.807) is 25.3 Å². The highest BCUT2D eigenvalue weighted by Gasteiger charge is 2.14. The van der Waals surface area contributed by atoms with Gasteiger partial charge in [-0.15, -0.1) is 0 Å². The van der Waals surface area contributed by atoms with E-state index in [1.807, 2.05) is 12.1 Å². The summed E-state index contributed by atoms with van der Waals surface area (Å²) >= 11 is 0. The van der Waals surface area contributed by atoms with Crippen molar-refractivity contribution in [3.63, 3.8) is 0 Å². The number of rotatable bonds is 5. The van der Waals surface area contributed by atoms with Crippen LogP contribution in [0.3, 0.4) is 0 Å². The molecule has 0 saturated heterocycles. The number of carbonyl (C=O) groups is 1. The van der Waals surface area contributed by atoms with Gasteiger partial charge in [0, 0.05) is 0 Å². The lowest BCUT2D eigenvalue weighted by Crippen LogP contribution is -2.07. The van der Waals surface area contributed by atoms with Crippen molar-refractivity contribution in [2.24, 2.45) is 0 Å². The average molecular weight is 248 g/mol. The average Bonchev–Trinajstić information content (AvgIpc) is 2.43. The van der Waals surface area contributed by atoms with E-state index in [-0.39, 0.29) is 11.3 Å². The Hall–Kier alpha value is -2.23. The van der Waals surface area contributed by atoms with Crippen LogP contribution in [0.15, 0.2) is 42.2 Å². The van der Waals surface area contributed by atoms with Crippen molar-refractivity contribution in [1.29, 1.82) is 0 Å². The second-order valence-corrected chi connectivity index (χ2v) is 3.45. The van der Waals surface area contributed by atoms with Gasteiger partial charge in [0.15, 0.2) is 0 Å². The van der Waals surface area contributed by atoms with Crippen LogP contribution in [0.4, 0.5) is 0 Å². The molecule has 0 aromatic heterocycles. The van der Waals surface area contributed by atoms with Crippen molar-refractivity contribution in [3.8, 4) is 5.75 Å². The van der Waals surface area contributed by atoms with Crippen molar-refractivity contribution in [1.82, 2.24) is 0 Å².